The van der Waals surface area contributed by atoms with E-state index in [2.05, 4.69) is 22.4 Å². The number of nitrogens with zero attached hydrogens (tertiary/aromatic N) is 4. The minimum absolute atomic E-state index is 0.424. The largest absolute Gasteiger partial charge is 0.399 e. The fourth-order valence-electron chi connectivity index (χ4n) is 2.62. The third-order valence-corrected chi connectivity index (χ3v) is 3.59. The molecule has 100 valence electrons. The van der Waals surface area contributed by atoms with Gasteiger partial charge in [-0.2, -0.15) is 0 Å². The Morgan fingerprint density at radius 3 is 2.68 bits per heavy atom. The highest BCUT2D eigenvalue weighted by Crippen LogP contribution is 2.47. The summed E-state index contributed by atoms with van der Waals surface area (Å²) in [6, 6.07) is 5.87. The van der Waals surface area contributed by atoms with E-state index in [1.54, 1.807) is 6.07 Å². The van der Waals surface area contributed by atoms with Gasteiger partial charge in [-0.25, -0.2) is 4.68 Å². The summed E-state index contributed by atoms with van der Waals surface area (Å²) in [6.45, 7) is 2.20. The molecule has 2 unspecified atom stereocenters. The van der Waals surface area contributed by atoms with E-state index in [0.29, 0.717) is 23.3 Å². The molecule has 6 heteroatoms. The van der Waals surface area contributed by atoms with Gasteiger partial charge in [0.1, 0.15) is 0 Å². The minimum atomic E-state index is 0.424. The van der Waals surface area contributed by atoms with Crippen LogP contribution in [0.25, 0.3) is 11.4 Å². The van der Waals surface area contributed by atoms with Crippen molar-refractivity contribution in [2.45, 2.75) is 32.2 Å². The van der Waals surface area contributed by atoms with Crippen molar-refractivity contribution < 1.29 is 0 Å². The molecule has 0 saturated heterocycles. The van der Waals surface area contributed by atoms with E-state index in [1.165, 1.54) is 12.8 Å². The van der Waals surface area contributed by atoms with E-state index in [-0.39, 0.29) is 0 Å². The van der Waals surface area contributed by atoms with Gasteiger partial charge in [-0.05, 0) is 47.4 Å². The van der Waals surface area contributed by atoms with Crippen LogP contribution in [0, 0.1) is 5.92 Å². The molecule has 1 fully saturated rings. The van der Waals surface area contributed by atoms with E-state index < -0.39 is 0 Å². The molecule has 2 aromatic rings. The standard InChI is InChI=1S/C13H18N6/c1-2-3-8-6-12(8)19-13(16-17-18-19)9-4-10(14)7-11(15)5-9/h4-5,7-8,12H,2-3,6,14-15H2,1H3. The molecule has 1 heterocycles. The predicted molar refractivity (Wildman–Crippen MR) is 74.1 cm³/mol. The second-order valence-electron chi connectivity index (χ2n) is 5.19. The van der Waals surface area contributed by atoms with Crippen molar-refractivity contribution in [3.05, 3.63) is 18.2 Å². The van der Waals surface area contributed by atoms with Crippen LogP contribution < -0.4 is 11.5 Å². The lowest BCUT2D eigenvalue weighted by Gasteiger charge is -2.06. The van der Waals surface area contributed by atoms with Crippen LogP contribution in [0.2, 0.25) is 0 Å². The number of anilines is 2. The number of nitrogen functional groups attached to an aromatic ring is 2. The third-order valence-electron chi connectivity index (χ3n) is 3.59. The second-order valence-corrected chi connectivity index (χ2v) is 5.19. The number of aromatic nitrogens is 4. The fourth-order valence-corrected chi connectivity index (χ4v) is 2.62. The van der Waals surface area contributed by atoms with Gasteiger partial charge in [0.05, 0.1) is 6.04 Å². The molecule has 1 aromatic carbocycles. The molecular formula is C13H18N6. The lowest BCUT2D eigenvalue weighted by Crippen LogP contribution is -2.03. The summed E-state index contributed by atoms with van der Waals surface area (Å²) in [5.41, 5.74) is 13.8. The molecule has 0 amide bonds. The molecular weight excluding hydrogens is 240 g/mol. The molecule has 0 bridgehead atoms. The number of hydrogen-bond acceptors (Lipinski definition) is 5. The number of tetrazole rings is 1. The lowest BCUT2D eigenvalue weighted by atomic mass is 10.1. The molecule has 19 heavy (non-hydrogen) atoms. The van der Waals surface area contributed by atoms with Crippen molar-refractivity contribution in [3.8, 4) is 11.4 Å². The fraction of sp³-hybridized carbons (Fsp3) is 0.462. The number of rotatable bonds is 4. The summed E-state index contributed by atoms with van der Waals surface area (Å²) in [5.74, 6) is 1.45. The summed E-state index contributed by atoms with van der Waals surface area (Å²) in [5, 5.41) is 12.0. The summed E-state index contributed by atoms with van der Waals surface area (Å²) in [7, 11) is 0. The van der Waals surface area contributed by atoms with Crippen molar-refractivity contribution in [2.24, 2.45) is 5.92 Å². The van der Waals surface area contributed by atoms with Crippen molar-refractivity contribution in [1.82, 2.24) is 20.2 Å². The first-order valence-electron chi connectivity index (χ1n) is 6.63. The van der Waals surface area contributed by atoms with Gasteiger partial charge >= 0.3 is 0 Å². The van der Waals surface area contributed by atoms with Crippen LogP contribution in [-0.4, -0.2) is 20.2 Å². The zero-order valence-electron chi connectivity index (χ0n) is 11.0. The molecule has 0 radical (unpaired) electrons. The van der Waals surface area contributed by atoms with Crippen LogP contribution in [0.15, 0.2) is 18.2 Å². The lowest BCUT2D eigenvalue weighted by molar-refractivity contribution is 0.548. The summed E-state index contributed by atoms with van der Waals surface area (Å²) >= 11 is 0. The Kier molecular flexibility index (Phi) is 2.85. The second kappa shape index (κ2) is 4.53. The van der Waals surface area contributed by atoms with Gasteiger partial charge in [0, 0.05) is 16.9 Å². The van der Waals surface area contributed by atoms with E-state index in [1.807, 2.05) is 16.8 Å². The highest BCUT2D eigenvalue weighted by atomic mass is 15.6. The van der Waals surface area contributed by atoms with Gasteiger partial charge < -0.3 is 11.5 Å². The molecule has 3 rings (SSSR count). The number of benzene rings is 1. The summed E-state index contributed by atoms with van der Waals surface area (Å²) in [6.07, 6.45) is 3.58. The van der Waals surface area contributed by atoms with Crippen molar-refractivity contribution in [2.75, 3.05) is 11.5 Å². The molecule has 1 saturated carbocycles. The topological polar surface area (TPSA) is 95.6 Å². The molecule has 6 nitrogen and oxygen atoms in total. The van der Waals surface area contributed by atoms with Gasteiger partial charge in [0.2, 0.25) is 0 Å². The minimum Gasteiger partial charge on any atom is -0.399 e. The van der Waals surface area contributed by atoms with Crippen LogP contribution in [0.4, 0.5) is 11.4 Å². The molecule has 4 N–H and O–H groups in total. The molecule has 0 aliphatic heterocycles. The van der Waals surface area contributed by atoms with Gasteiger partial charge in [-0.1, -0.05) is 13.3 Å². The quantitative estimate of drug-likeness (QED) is 0.816. The van der Waals surface area contributed by atoms with Gasteiger partial charge in [-0.15, -0.1) is 5.10 Å². The molecule has 0 spiro atoms. The third kappa shape index (κ3) is 2.25. The normalized spacial score (nSPS) is 21.5. The van der Waals surface area contributed by atoms with Crippen molar-refractivity contribution >= 4 is 11.4 Å². The number of nitrogens with two attached hydrogens (primary N) is 2. The zero-order chi connectivity index (χ0) is 13.4. The molecule has 1 aromatic heterocycles. The number of hydrogen-bond donors (Lipinski definition) is 2. The Hall–Kier alpha value is -2.11. The van der Waals surface area contributed by atoms with Gasteiger partial charge in [-0.3, -0.25) is 0 Å². The Labute approximate surface area is 111 Å². The monoisotopic (exact) mass is 258 g/mol. The maximum atomic E-state index is 5.82. The Balaban J connectivity index is 1.92. The summed E-state index contributed by atoms with van der Waals surface area (Å²) in [4.78, 5) is 0. The van der Waals surface area contributed by atoms with Gasteiger partial charge in [0.15, 0.2) is 5.82 Å². The molecule has 1 aliphatic rings. The highest BCUT2D eigenvalue weighted by molar-refractivity contribution is 5.68. The Morgan fingerprint density at radius 2 is 2.00 bits per heavy atom. The Bertz CT molecular complexity index is 570. The van der Waals surface area contributed by atoms with Crippen LogP contribution in [0.3, 0.4) is 0 Å². The van der Waals surface area contributed by atoms with Crippen LogP contribution >= 0.6 is 0 Å². The van der Waals surface area contributed by atoms with E-state index >= 15 is 0 Å². The van der Waals surface area contributed by atoms with Crippen molar-refractivity contribution in [3.63, 3.8) is 0 Å². The van der Waals surface area contributed by atoms with E-state index in [0.717, 1.165) is 17.8 Å². The van der Waals surface area contributed by atoms with E-state index in [9.17, 15) is 0 Å². The van der Waals surface area contributed by atoms with Crippen molar-refractivity contribution in [1.29, 1.82) is 0 Å². The highest BCUT2D eigenvalue weighted by Gasteiger charge is 2.40. The zero-order valence-corrected chi connectivity index (χ0v) is 11.0. The first kappa shape index (κ1) is 12.0. The SMILES string of the molecule is CCCC1CC1n1nnnc1-c1cc(N)cc(N)c1. The molecule has 2 atom stereocenters. The average Bonchev–Trinajstić information content (AvgIpc) is 2.94. The van der Waals surface area contributed by atoms with Crippen LogP contribution in [-0.2, 0) is 0 Å². The smallest absolute Gasteiger partial charge is 0.182 e. The average molecular weight is 258 g/mol. The molecule has 1 aliphatic carbocycles. The summed E-state index contributed by atoms with van der Waals surface area (Å²) < 4.78 is 1.91. The van der Waals surface area contributed by atoms with Crippen LogP contribution in [0.1, 0.15) is 32.2 Å². The maximum Gasteiger partial charge on any atom is 0.182 e. The van der Waals surface area contributed by atoms with Gasteiger partial charge in [0.25, 0.3) is 0 Å². The van der Waals surface area contributed by atoms with Crippen LogP contribution in [0.5, 0.6) is 0 Å². The first-order chi connectivity index (χ1) is 9.19. The predicted octanol–water partition coefficient (Wildman–Crippen LogP) is 1.87. The first-order valence-corrected chi connectivity index (χ1v) is 6.63. The van der Waals surface area contributed by atoms with E-state index in [4.69, 9.17) is 11.5 Å². The Morgan fingerprint density at radius 1 is 1.26 bits per heavy atom. The maximum absolute atomic E-state index is 5.82.